The van der Waals surface area contributed by atoms with Crippen molar-refractivity contribution < 1.29 is 0 Å². The SMILES string of the molecule is N.c1ccc2[nH]ccc2c1.c1ccc2[nH]ccc2c1.c1ccc2[nH]ccc2c1. The number of fused-ring (bicyclic) bond motifs is 3. The molecule has 0 saturated carbocycles. The van der Waals surface area contributed by atoms with Gasteiger partial charge in [-0.15, -0.1) is 0 Å². The van der Waals surface area contributed by atoms with Gasteiger partial charge in [0.2, 0.25) is 0 Å². The zero-order valence-corrected chi connectivity index (χ0v) is 15.6. The lowest BCUT2D eigenvalue weighted by atomic mass is 10.3. The van der Waals surface area contributed by atoms with Crippen LogP contribution in [-0.4, -0.2) is 15.0 Å². The molecule has 0 saturated heterocycles. The summed E-state index contributed by atoms with van der Waals surface area (Å²) in [5.74, 6) is 0. The van der Waals surface area contributed by atoms with Gasteiger partial charge in [0.05, 0.1) is 0 Å². The standard InChI is InChI=1S/3C8H7N.H3N/c3*1-2-4-8-7(3-1)5-6-9-8;/h3*1-6,9H;1H3. The summed E-state index contributed by atoms with van der Waals surface area (Å²) in [6, 6.07) is 30.8. The summed E-state index contributed by atoms with van der Waals surface area (Å²) in [4.78, 5) is 9.36. The van der Waals surface area contributed by atoms with Crippen molar-refractivity contribution >= 4 is 32.7 Å². The highest BCUT2D eigenvalue weighted by molar-refractivity contribution is 5.80. The molecule has 0 bridgehead atoms. The molecule has 0 aliphatic heterocycles. The minimum Gasteiger partial charge on any atom is -0.361 e. The van der Waals surface area contributed by atoms with Gasteiger partial charge in [0, 0.05) is 35.1 Å². The van der Waals surface area contributed by atoms with Crippen LogP contribution in [-0.2, 0) is 0 Å². The lowest BCUT2D eigenvalue weighted by Gasteiger charge is -1.83. The van der Waals surface area contributed by atoms with E-state index in [-0.39, 0.29) is 6.15 Å². The van der Waals surface area contributed by atoms with Crippen LogP contribution < -0.4 is 6.15 Å². The first-order chi connectivity index (χ1) is 13.4. The second-order valence-electron chi connectivity index (χ2n) is 6.19. The Kier molecular flexibility index (Phi) is 6.29. The third-order valence-corrected chi connectivity index (χ3v) is 4.39. The average molecular weight is 368 g/mol. The van der Waals surface area contributed by atoms with Crippen LogP contribution in [0.3, 0.4) is 0 Å². The number of hydrogen-bond acceptors (Lipinski definition) is 1. The minimum atomic E-state index is 0. The molecule has 0 atom stereocenters. The van der Waals surface area contributed by atoms with Gasteiger partial charge in [-0.05, 0) is 52.6 Å². The largest absolute Gasteiger partial charge is 0.361 e. The zero-order chi connectivity index (χ0) is 18.3. The van der Waals surface area contributed by atoms with Gasteiger partial charge in [0.1, 0.15) is 0 Å². The molecular formula is C24H24N4. The smallest absolute Gasteiger partial charge is 0.0453 e. The third-order valence-electron chi connectivity index (χ3n) is 4.39. The molecule has 0 amide bonds. The summed E-state index contributed by atoms with van der Waals surface area (Å²) in [6.45, 7) is 0. The molecule has 0 aliphatic rings. The lowest BCUT2D eigenvalue weighted by Crippen LogP contribution is -1.61. The molecule has 28 heavy (non-hydrogen) atoms. The van der Waals surface area contributed by atoms with Crippen molar-refractivity contribution in [3.05, 3.63) is 110 Å². The van der Waals surface area contributed by atoms with Crippen molar-refractivity contribution in [3.63, 3.8) is 0 Å². The van der Waals surface area contributed by atoms with Gasteiger partial charge in [-0.2, -0.15) is 0 Å². The van der Waals surface area contributed by atoms with E-state index in [0.29, 0.717) is 0 Å². The monoisotopic (exact) mass is 368 g/mol. The van der Waals surface area contributed by atoms with Crippen LogP contribution in [0.1, 0.15) is 0 Å². The second kappa shape index (κ2) is 9.26. The maximum Gasteiger partial charge on any atom is 0.0453 e. The number of benzene rings is 3. The Balaban J connectivity index is 0.000000118. The summed E-state index contributed by atoms with van der Waals surface area (Å²) < 4.78 is 0. The Hall–Kier alpha value is -3.76. The Bertz CT molecular complexity index is 996. The highest BCUT2D eigenvalue weighted by Crippen LogP contribution is 2.10. The fraction of sp³-hybridized carbons (Fsp3) is 0. The third kappa shape index (κ3) is 4.50. The van der Waals surface area contributed by atoms with Crippen molar-refractivity contribution in [2.75, 3.05) is 0 Å². The van der Waals surface area contributed by atoms with Crippen LogP contribution in [0.2, 0.25) is 0 Å². The Morgan fingerprint density at radius 3 is 0.929 bits per heavy atom. The maximum atomic E-state index is 3.12. The first kappa shape index (κ1) is 19.0. The van der Waals surface area contributed by atoms with Gasteiger partial charge in [-0.1, -0.05) is 54.6 Å². The summed E-state index contributed by atoms with van der Waals surface area (Å²) >= 11 is 0. The van der Waals surface area contributed by atoms with Gasteiger partial charge in [-0.25, -0.2) is 0 Å². The molecular weight excluding hydrogens is 344 g/mol. The number of hydrogen-bond donors (Lipinski definition) is 4. The van der Waals surface area contributed by atoms with E-state index in [4.69, 9.17) is 0 Å². The first-order valence-corrected chi connectivity index (χ1v) is 8.96. The van der Waals surface area contributed by atoms with E-state index < -0.39 is 0 Å². The minimum absolute atomic E-state index is 0. The molecule has 0 radical (unpaired) electrons. The van der Waals surface area contributed by atoms with Crippen molar-refractivity contribution in [1.82, 2.24) is 21.1 Å². The first-order valence-electron chi connectivity index (χ1n) is 8.96. The number of aromatic amines is 3. The van der Waals surface area contributed by atoms with Crippen LogP contribution in [0.5, 0.6) is 0 Å². The van der Waals surface area contributed by atoms with E-state index in [1.54, 1.807) is 0 Å². The number of rotatable bonds is 0. The van der Waals surface area contributed by atoms with Gasteiger partial charge < -0.3 is 21.1 Å². The zero-order valence-electron chi connectivity index (χ0n) is 15.6. The van der Waals surface area contributed by atoms with Gasteiger partial charge in [0.15, 0.2) is 0 Å². The van der Waals surface area contributed by atoms with E-state index >= 15 is 0 Å². The molecule has 6 rings (SSSR count). The molecule has 6 N–H and O–H groups in total. The maximum absolute atomic E-state index is 3.12. The van der Waals surface area contributed by atoms with Crippen LogP contribution >= 0.6 is 0 Å². The van der Waals surface area contributed by atoms with E-state index in [0.717, 1.165) is 0 Å². The van der Waals surface area contributed by atoms with Crippen molar-refractivity contribution in [3.8, 4) is 0 Å². The molecule has 3 heterocycles. The lowest BCUT2D eigenvalue weighted by molar-refractivity contribution is 1.48. The number of nitrogens with one attached hydrogen (secondary N) is 3. The topological polar surface area (TPSA) is 82.4 Å². The van der Waals surface area contributed by atoms with Crippen molar-refractivity contribution in [2.24, 2.45) is 0 Å². The van der Waals surface area contributed by atoms with Crippen LogP contribution in [0.25, 0.3) is 32.7 Å². The highest BCUT2D eigenvalue weighted by Gasteiger charge is 1.88. The second-order valence-corrected chi connectivity index (χ2v) is 6.19. The number of para-hydroxylation sites is 3. The fourth-order valence-corrected chi connectivity index (χ4v) is 2.99. The van der Waals surface area contributed by atoms with E-state index in [1.165, 1.54) is 32.7 Å². The van der Waals surface area contributed by atoms with Crippen LogP contribution in [0.15, 0.2) is 110 Å². The molecule has 4 heteroatoms. The Morgan fingerprint density at radius 2 is 0.643 bits per heavy atom. The van der Waals surface area contributed by atoms with Gasteiger partial charge in [0.25, 0.3) is 0 Å². The van der Waals surface area contributed by atoms with Crippen molar-refractivity contribution in [1.29, 1.82) is 0 Å². The molecule has 0 aliphatic carbocycles. The summed E-state index contributed by atoms with van der Waals surface area (Å²) in [6.07, 6.45) is 5.85. The van der Waals surface area contributed by atoms with Gasteiger partial charge >= 0.3 is 0 Å². The molecule has 0 unspecified atom stereocenters. The fourth-order valence-electron chi connectivity index (χ4n) is 2.99. The average Bonchev–Trinajstić information content (AvgIpc) is 3.48. The number of H-pyrrole nitrogens is 3. The summed E-state index contributed by atoms with van der Waals surface area (Å²) in [5, 5.41) is 3.83. The van der Waals surface area contributed by atoms with E-state index in [9.17, 15) is 0 Å². The Morgan fingerprint density at radius 1 is 0.357 bits per heavy atom. The number of aromatic nitrogens is 3. The quantitative estimate of drug-likeness (QED) is 0.237. The molecule has 6 aromatic rings. The predicted molar refractivity (Wildman–Crippen MR) is 120 cm³/mol. The molecule has 140 valence electrons. The molecule has 3 aromatic carbocycles. The van der Waals surface area contributed by atoms with Gasteiger partial charge in [-0.3, -0.25) is 0 Å². The summed E-state index contributed by atoms with van der Waals surface area (Å²) in [5.41, 5.74) is 3.62. The molecule has 0 spiro atoms. The van der Waals surface area contributed by atoms with Crippen LogP contribution in [0.4, 0.5) is 0 Å². The van der Waals surface area contributed by atoms with Crippen LogP contribution in [0, 0.1) is 0 Å². The highest BCUT2D eigenvalue weighted by atomic mass is 14.7. The predicted octanol–water partition coefficient (Wildman–Crippen LogP) is 6.67. The molecule has 4 nitrogen and oxygen atoms in total. The van der Waals surface area contributed by atoms with E-state index in [2.05, 4.69) is 69.5 Å². The summed E-state index contributed by atoms with van der Waals surface area (Å²) in [7, 11) is 0. The Labute approximate surface area is 163 Å². The van der Waals surface area contributed by atoms with E-state index in [1.807, 2.05) is 55.0 Å². The van der Waals surface area contributed by atoms with Crippen molar-refractivity contribution in [2.45, 2.75) is 0 Å². The molecule has 3 aromatic heterocycles. The molecule has 0 fully saturated rings. The normalized spacial score (nSPS) is 9.86.